The molecule has 0 saturated carbocycles. The van der Waals surface area contributed by atoms with Gasteiger partial charge in [-0.3, -0.25) is 9.69 Å². The zero-order valence-electron chi connectivity index (χ0n) is 14.3. The lowest BCUT2D eigenvalue weighted by atomic mass is 10.1. The average molecular weight is 371 g/mol. The summed E-state index contributed by atoms with van der Waals surface area (Å²) in [5.74, 6) is 0.502. The molecule has 0 unspecified atom stereocenters. The second-order valence-electron chi connectivity index (χ2n) is 6.25. The molecule has 0 radical (unpaired) electrons. The molecule has 3 heterocycles. The molecule has 1 aliphatic heterocycles. The van der Waals surface area contributed by atoms with E-state index < -0.39 is 0 Å². The number of fused-ring (bicyclic) bond motifs is 1. The van der Waals surface area contributed by atoms with Crippen LogP contribution in [0.1, 0.15) is 16.8 Å². The van der Waals surface area contributed by atoms with Gasteiger partial charge in [0.25, 0.3) is 5.56 Å². The van der Waals surface area contributed by atoms with Gasteiger partial charge < -0.3 is 9.72 Å². The van der Waals surface area contributed by atoms with Crippen molar-refractivity contribution in [2.75, 3.05) is 13.7 Å². The maximum Gasteiger partial charge on any atom is 0.255 e. The van der Waals surface area contributed by atoms with Crippen molar-refractivity contribution in [3.05, 3.63) is 68.7 Å². The van der Waals surface area contributed by atoms with E-state index in [9.17, 15) is 9.18 Å². The predicted molar refractivity (Wildman–Crippen MR) is 98.9 cm³/mol. The maximum atomic E-state index is 13.6. The fraction of sp³-hybridized carbons (Fsp3) is 0.263. The van der Waals surface area contributed by atoms with Gasteiger partial charge in [0.15, 0.2) is 17.4 Å². The van der Waals surface area contributed by atoms with Crippen LogP contribution < -0.4 is 10.3 Å². The quantitative estimate of drug-likeness (QED) is 0.765. The van der Waals surface area contributed by atoms with Crippen LogP contribution >= 0.6 is 11.3 Å². The minimum absolute atomic E-state index is 0.0835. The molecule has 0 fully saturated rings. The largest absolute Gasteiger partial charge is 0.494 e. The fourth-order valence-electron chi connectivity index (χ4n) is 3.21. The van der Waals surface area contributed by atoms with Gasteiger partial charge in [-0.1, -0.05) is 12.1 Å². The third-order valence-corrected chi connectivity index (χ3v) is 5.40. The molecule has 1 aromatic carbocycles. The van der Waals surface area contributed by atoms with Crippen molar-refractivity contribution >= 4 is 11.3 Å². The molecule has 0 bridgehead atoms. The first-order valence-corrected chi connectivity index (χ1v) is 9.22. The topological polar surface area (TPSA) is 58.2 Å². The molecule has 0 aliphatic carbocycles. The van der Waals surface area contributed by atoms with Crippen LogP contribution in [0.3, 0.4) is 0 Å². The molecule has 0 atom stereocenters. The van der Waals surface area contributed by atoms with Crippen LogP contribution in [0.4, 0.5) is 4.39 Å². The molecule has 0 saturated heterocycles. The zero-order chi connectivity index (χ0) is 18.1. The highest BCUT2D eigenvalue weighted by molar-refractivity contribution is 7.13. The summed E-state index contributed by atoms with van der Waals surface area (Å²) in [5, 5.41) is 1.97. The van der Waals surface area contributed by atoms with E-state index in [1.54, 1.807) is 23.5 Å². The Morgan fingerprint density at radius 1 is 1.38 bits per heavy atom. The smallest absolute Gasteiger partial charge is 0.255 e. The number of methoxy groups -OCH3 is 1. The Morgan fingerprint density at radius 2 is 2.27 bits per heavy atom. The van der Waals surface area contributed by atoms with Crippen LogP contribution in [0, 0.1) is 5.82 Å². The van der Waals surface area contributed by atoms with Crippen molar-refractivity contribution in [1.29, 1.82) is 0 Å². The molecule has 4 rings (SSSR count). The highest BCUT2D eigenvalue weighted by Gasteiger charge is 2.22. The first kappa shape index (κ1) is 16.9. The van der Waals surface area contributed by atoms with Crippen LogP contribution in [-0.4, -0.2) is 28.5 Å². The van der Waals surface area contributed by atoms with E-state index in [0.717, 1.165) is 29.1 Å². The number of nitrogens with one attached hydrogen (secondary N) is 1. The molecule has 0 spiro atoms. The summed E-state index contributed by atoms with van der Waals surface area (Å²) in [6.07, 6.45) is 0.718. The van der Waals surface area contributed by atoms with Gasteiger partial charge in [0.1, 0.15) is 0 Å². The lowest BCUT2D eigenvalue weighted by Crippen LogP contribution is -2.35. The van der Waals surface area contributed by atoms with Crippen LogP contribution in [0.25, 0.3) is 10.7 Å². The molecular formula is C19H18FN3O2S. The van der Waals surface area contributed by atoms with Gasteiger partial charge in [0, 0.05) is 26.1 Å². The van der Waals surface area contributed by atoms with Gasteiger partial charge in [-0.25, -0.2) is 9.37 Å². The molecule has 3 aromatic rings. The second kappa shape index (κ2) is 7.01. The highest BCUT2D eigenvalue weighted by atomic mass is 32.1. The monoisotopic (exact) mass is 371 g/mol. The van der Waals surface area contributed by atoms with Gasteiger partial charge in [-0.2, -0.15) is 0 Å². The van der Waals surface area contributed by atoms with Gasteiger partial charge in [0.05, 0.1) is 23.2 Å². The minimum Gasteiger partial charge on any atom is -0.494 e. The minimum atomic E-state index is -0.373. The summed E-state index contributed by atoms with van der Waals surface area (Å²) in [6, 6.07) is 8.75. The lowest BCUT2D eigenvalue weighted by Gasteiger charge is -2.27. The Kier molecular flexibility index (Phi) is 4.57. The number of hydrogen-bond donors (Lipinski definition) is 1. The number of ether oxygens (including phenoxy) is 1. The van der Waals surface area contributed by atoms with E-state index >= 15 is 0 Å². The molecule has 1 aliphatic rings. The van der Waals surface area contributed by atoms with E-state index in [1.807, 2.05) is 17.5 Å². The van der Waals surface area contributed by atoms with E-state index in [-0.39, 0.29) is 17.1 Å². The summed E-state index contributed by atoms with van der Waals surface area (Å²) in [6.45, 7) is 1.96. The number of aromatic nitrogens is 2. The van der Waals surface area contributed by atoms with Gasteiger partial charge in [-0.15, -0.1) is 11.3 Å². The molecule has 134 valence electrons. The number of thiophene rings is 1. The zero-order valence-corrected chi connectivity index (χ0v) is 15.1. The van der Waals surface area contributed by atoms with Gasteiger partial charge >= 0.3 is 0 Å². The Labute approximate surface area is 154 Å². The molecular weight excluding hydrogens is 353 g/mol. The lowest BCUT2D eigenvalue weighted by molar-refractivity contribution is 0.241. The van der Waals surface area contributed by atoms with Crippen LogP contribution in [-0.2, 0) is 19.5 Å². The van der Waals surface area contributed by atoms with Gasteiger partial charge in [-0.05, 0) is 29.1 Å². The van der Waals surface area contributed by atoms with Crippen molar-refractivity contribution in [3.8, 4) is 16.5 Å². The summed E-state index contributed by atoms with van der Waals surface area (Å²) in [7, 11) is 1.45. The number of H-pyrrole nitrogens is 1. The van der Waals surface area contributed by atoms with E-state index in [2.05, 4.69) is 14.9 Å². The first-order valence-electron chi connectivity index (χ1n) is 8.35. The Balaban J connectivity index is 1.56. The molecule has 0 amide bonds. The second-order valence-corrected chi connectivity index (χ2v) is 7.19. The first-order chi connectivity index (χ1) is 12.6. The Hall–Kier alpha value is -2.51. The summed E-state index contributed by atoms with van der Waals surface area (Å²) in [4.78, 5) is 23.2. The van der Waals surface area contributed by atoms with Crippen molar-refractivity contribution in [2.24, 2.45) is 0 Å². The summed E-state index contributed by atoms with van der Waals surface area (Å²) in [5.41, 5.74) is 2.45. The van der Waals surface area contributed by atoms with Gasteiger partial charge in [0.2, 0.25) is 0 Å². The number of halogens is 1. The molecule has 5 nitrogen and oxygen atoms in total. The number of hydrogen-bond acceptors (Lipinski definition) is 5. The Morgan fingerprint density at radius 3 is 3.04 bits per heavy atom. The van der Waals surface area contributed by atoms with Crippen molar-refractivity contribution in [2.45, 2.75) is 19.5 Å². The number of aromatic amines is 1. The highest BCUT2D eigenvalue weighted by Crippen LogP contribution is 2.24. The molecule has 1 N–H and O–H groups in total. The SMILES string of the molecule is COc1cc(CN2CCc3nc(-c4cccs4)[nH]c(=O)c3C2)ccc1F. The molecule has 2 aromatic heterocycles. The van der Waals surface area contributed by atoms with Crippen molar-refractivity contribution in [1.82, 2.24) is 14.9 Å². The number of benzene rings is 1. The third kappa shape index (κ3) is 3.27. The third-order valence-electron chi connectivity index (χ3n) is 4.52. The normalized spacial score (nSPS) is 14.2. The van der Waals surface area contributed by atoms with Crippen molar-refractivity contribution < 1.29 is 9.13 Å². The van der Waals surface area contributed by atoms with Crippen LogP contribution in [0.15, 0.2) is 40.5 Å². The standard InChI is InChI=1S/C19H18FN3O2S/c1-25-16-9-12(4-5-14(16)20)10-23-7-6-15-13(11-23)19(24)22-18(21-15)17-3-2-8-26-17/h2-5,8-9H,6-7,10-11H2,1H3,(H,21,22,24). The molecule has 7 heteroatoms. The number of nitrogens with zero attached hydrogens (tertiary/aromatic N) is 2. The number of rotatable bonds is 4. The average Bonchev–Trinajstić information content (AvgIpc) is 3.18. The van der Waals surface area contributed by atoms with E-state index in [0.29, 0.717) is 24.5 Å². The van der Waals surface area contributed by atoms with Crippen molar-refractivity contribution in [3.63, 3.8) is 0 Å². The predicted octanol–water partition coefficient (Wildman–Crippen LogP) is 3.20. The van der Waals surface area contributed by atoms with Crippen LogP contribution in [0.5, 0.6) is 5.75 Å². The van der Waals surface area contributed by atoms with Crippen LogP contribution in [0.2, 0.25) is 0 Å². The van der Waals surface area contributed by atoms with E-state index in [4.69, 9.17) is 4.74 Å². The fourth-order valence-corrected chi connectivity index (χ4v) is 3.88. The molecule has 26 heavy (non-hydrogen) atoms. The maximum absolute atomic E-state index is 13.6. The Bertz CT molecular complexity index is 985. The summed E-state index contributed by atoms with van der Waals surface area (Å²) >= 11 is 1.56. The summed E-state index contributed by atoms with van der Waals surface area (Å²) < 4.78 is 18.6. The van der Waals surface area contributed by atoms with E-state index in [1.165, 1.54) is 13.2 Å².